The Hall–Kier alpha value is -0.770. The lowest BCUT2D eigenvalue weighted by Gasteiger charge is -2.22. The predicted octanol–water partition coefficient (Wildman–Crippen LogP) is 0.689. The number of carboxylic acids is 1. The van der Waals surface area contributed by atoms with Crippen molar-refractivity contribution in [1.82, 2.24) is 4.90 Å². The summed E-state index contributed by atoms with van der Waals surface area (Å²) in [4.78, 5) is 23.3. The van der Waals surface area contributed by atoms with Gasteiger partial charge in [-0.25, -0.2) is 4.79 Å². The summed E-state index contributed by atoms with van der Waals surface area (Å²) in [5.41, 5.74) is 0. The number of nitrogens with zero attached hydrogens (tertiary/aromatic N) is 1. The number of carbonyl (C=O) groups is 2. The molecule has 4 nitrogen and oxygen atoms in total. The SMILES string of the molecule is CCC(C(=O)O)N1CC(Cl)CC1=O. The van der Waals surface area contributed by atoms with Crippen LogP contribution >= 0.6 is 11.6 Å². The van der Waals surface area contributed by atoms with Crippen LogP contribution in [-0.4, -0.2) is 39.8 Å². The molecule has 0 aromatic rings. The lowest BCUT2D eigenvalue weighted by atomic mass is 10.2. The highest BCUT2D eigenvalue weighted by Crippen LogP contribution is 2.20. The van der Waals surface area contributed by atoms with E-state index in [4.69, 9.17) is 16.7 Å². The smallest absolute Gasteiger partial charge is 0.326 e. The van der Waals surface area contributed by atoms with Crippen molar-refractivity contribution in [3.63, 3.8) is 0 Å². The summed E-state index contributed by atoms with van der Waals surface area (Å²) in [7, 11) is 0. The third-order valence-corrected chi connectivity index (χ3v) is 2.45. The van der Waals surface area contributed by atoms with E-state index in [-0.39, 0.29) is 17.7 Å². The minimum absolute atomic E-state index is 0.158. The highest BCUT2D eigenvalue weighted by atomic mass is 35.5. The van der Waals surface area contributed by atoms with E-state index >= 15 is 0 Å². The zero-order valence-electron chi connectivity index (χ0n) is 7.36. The molecule has 74 valence electrons. The topological polar surface area (TPSA) is 57.6 Å². The molecule has 0 radical (unpaired) electrons. The number of carbonyl (C=O) groups excluding carboxylic acids is 1. The molecule has 5 heteroatoms. The van der Waals surface area contributed by atoms with E-state index in [1.165, 1.54) is 4.90 Å². The molecular weight excluding hydrogens is 194 g/mol. The lowest BCUT2D eigenvalue weighted by Crippen LogP contribution is -2.41. The molecule has 1 rings (SSSR count). The van der Waals surface area contributed by atoms with Crippen molar-refractivity contribution < 1.29 is 14.7 Å². The van der Waals surface area contributed by atoms with Gasteiger partial charge in [0.1, 0.15) is 6.04 Å². The summed E-state index contributed by atoms with van der Waals surface area (Å²) in [6, 6.07) is -0.712. The predicted molar refractivity (Wildman–Crippen MR) is 47.7 cm³/mol. The van der Waals surface area contributed by atoms with Crippen LogP contribution in [0.25, 0.3) is 0 Å². The van der Waals surface area contributed by atoms with Gasteiger partial charge in [-0.05, 0) is 6.42 Å². The van der Waals surface area contributed by atoms with Crippen molar-refractivity contribution >= 4 is 23.5 Å². The van der Waals surface area contributed by atoms with E-state index < -0.39 is 12.0 Å². The molecule has 0 saturated carbocycles. The molecule has 1 saturated heterocycles. The van der Waals surface area contributed by atoms with Gasteiger partial charge in [0.05, 0.1) is 5.38 Å². The fraction of sp³-hybridized carbons (Fsp3) is 0.750. The van der Waals surface area contributed by atoms with Crippen LogP contribution in [0, 0.1) is 0 Å². The zero-order valence-corrected chi connectivity index (χ0v) is 8.12. The molecular formula is C8H12ClNO3. The minimum Gasteiger partial charge on any atom is -0.480 e. The molecule has 0 spiro atoms. The van der Waals surface area contributed by atoms with Gasteiger partial charge in [-0.1, -0.05) is 6.92 Å². The van der Waals surface area contributed by atoms with Gasteiger partial charge in [-0.2, -0.15) is 0 Å². The standard InChI is InChI=1S/C8H12ClNO3/c1-2-6(8(12)13)10-4-5(9)3-7(10)11/h5-6H,2-4H2,1H3,(H,12,13). The van der Waals surface area contributed by atoms with Gasteiger partial charge < -0.3 is 10.0 Å². The number of halogens is 1. The van der Waals surface area contributed by atoms with Gasteiger partial charge in [0.25, 0.3) is 0 Å². The molecule has 0 aromatic heterocycles. The van der Waals surface area contributed by atoms with E-state index in [2.05, 4.69) is 0 Å². The van der Waals surface area contributed by atoms with Crippen LogP contribution in [0.4, 0.5) is 0 Å². The maximum atomic E-state index is 11.3. The van der Waals surface area contributed by atoms with E-state index in [1.807, 2.05) is 0 Å². The van der Waals surface area contributed by atoms with Crippen molar-refractivity contribution in [2.24, 2.45) is 0 Å². The Balaban J connectivity index is 2.69. The highest BCUT2D eigenvalue weighted by molar-refractivity contribution is 6.22. The number of amides is 1. The Kier molecular flexibility index (Phi) is 3.14. The fourth-order valence-corrected chi connectivity index (χ4v) is 1.80. The van der Waals surface area contributed by atoms with Crippen LogP contribution in [0.15, 0.2) is 0 Å². The Morgan fingerprint density at radius 3 is 2.77 bits per heavy atom. The van der Waals surface area contributed by atoms with Gasteiger partial charge in [-0.3, -0.25) is 4.79 Å². The number of carboxylic acid groups (broad SMARTS) is 1. The fourth-order valence-electron chi connectivity index (χ4n) is 1.52. The second kappa shape index (κ2) is 3.96. The Morgan fingerprint density at radius 1 is 1.85 bits per heavy atom. The molecule has 0 aliphatic carbocycles. The van der Waals surface area contributed by atoms with Crippen molar-refractivity contribution in [3.05, 3.63) is 0 Å². The second-order valence-electron chi connectivity index (χ2n) is 3.11. The largest absolute Gasteiger partial charge is 0.480 e. The van der Waals surface area contributed by atoms with Crippen LogP contribution in [0.1, 0.15) is 19.8 Å². The Morgan fingerprint density at radius 2 is 2.46 bits per heavy atom. The van der Waals surface area contributed by atoms with Crippen molar-refractivity contribution in [2.75, 3.05) is 6.54 Å². The summed E-state index contributed by atoms with van der Waals surface area (Å²) < 4.78 is 0. The Labute approximate surface area is 81.5 Å². The molecule has 1 aliphatic heterocycles. The van der Waals surface area contributed by atoms with Gasteiger partial charge in [0.15, 0.2) is 0 Å². The molecule has 13 heavy (non-hydrogen) atoms. The van der Waals surface area contributed by atoms with Crippen molar-refractivity contribution in [1.29, 1.82) is 0 Å². The normalized spacial score (nSPS) is 24.9. The number of hydrogen-bond donors (Lipinski definition) is 1. The molecule has 1 aliphatic rings. The van der Waals surface area contributed by atoms with E-state index in [1.54, 1.807) is 6.92 Å². The van der Waals surface area contributed by atoms with Crippen molar-refractivity contribution in [2.45, 2.75) is 31.2 Å². The van der Waals surface area contributed by atoms with Gasteiger partial charge in [-0.15, -0.1) is 11.6 Å². The second-order valence-corrected chi connectivity index (χ2v) is 3.73. The first-order valence-corrected chi connectivity index (χ1v) is 4.66. The monoisotopic (exact) mass is 205 g/mol. The van der Waals surface area contributed by atoms with E-state index in [0.29, 0.717) is 13.0 Å². The third kappa shape index (κ3) is 2.12. The van der Waals surface area contributed by atoms with Gasteiger partial charge in [0, 0.05) is 13.0 Å². The number of hydrogen-bond acceptors (Lipinski definition) is 2. The van der Waals surface area contributed by atoms with E-state index in [0.717, 1.165) is 0 Å². The first-order valence-electron chi connectivity index (χ1n) is 4.22. The maximum absolute atomic E-state index is 11.3. The van der Waals surface area contributed by atoms with Crippen LogP contribution in [0.2, 0.25) is 0 Å². The van der Waals surface area contributed by atoms with Crippen LogP contribution in [0.5, 0.6) is 0 Å². The van der Waals surface area contributed by atoms with E-state index in [9.17, 15) is 9.59 Å². The highest BCUT2D eigenvalue weighted by Gasteiger charge is 2.35. The number of rotatable bonds is 3. The van der Waals surface area contributed by atoms with Crippen LogP contribution in [0.3, 0.4) is 0 Å². The molecule has 1 fully saturated rings. The summed E-state index contributed by atoms with van der Waals surface area (Å²) in [5, 5.41) is 8.57. The number of aliphatic carboxylic acids is 1. The summed E-state index contributed by atoms with van der Waals surface area (Å²) in [6.07, 6.45) is 0.677. The number of likely N-dealkylation sites (tertiary alicyclic amines) is 1. The summed E-state index contributed by atoms with van der Waals surface area (Å²) in [6.45, 7) is 2.10. The van der Waals surface area contributed by atoms with Crippen molar-refractivity contribution in [3.8, 4) is 0 Å². The third-order valence-electron chi connectivity index (χ3n) is 2.16. The lowest BCUT2D eigenvalue weighted by molar-refractivity contribution is -0.148. The molecule has 0 bridgehead atoms. The Bertz CT molecular complexity index is 231. The van der Waals surface area contributed by atoms with Gasteiger partial charge >= 0.3 is 5.97 Å². The molecule has 2 unspecified atom stereocenters. The maximum Gasteiger partial charge on any atom is 0.326 e. The first kappa shape index (κ1) is 10.3. The van der Waals surface area contributed by atoms with Crippen LogP contribution in [-0.2, 0) is 9.59 Å². The molecule has 0 aromatic carbocycles. The van der Waals surface area contributed by atoms with Crippen LogP contribution < -0.4 is 0 Å². The quantitative estimate of drug-likeness (QED) is 0.690. The first-order chi connectivity index (χ1) is 6.06. The molecule has 1 heterocycles. The van der Waals surface area contributed by atoms with Gasteiger partial charge in [0.2, 0.25) is 5.91 Å². The summed E-state index contributed by atoms with van der Waals surface area (Å²) >= 11 is 5.75. The zero-order chi connectivity index (χ0) is 10.0. The average Bonchev–Trinajstić information content (AvgIpc) is 2.31. The molecule has 1 N–H and O–H groups in total. The summed E-state index contributed by atoms with van der Waals surface area (Å²) in [5.74, 6) is -1.11. The average molecular weight is 206 g/mol. The minimum atomic E-state index is -0.957. The number of alkyl halides is 1. The molecule has 1 amide bonds. The molecule has 2 atom stereocenters.